The maximum Gasteiger partial charge on any atom is 0.408 e. The van der Waals surface area contributed by atoms with Gasteiger partial charge in [0.2, 0.25) is 5.91 Å². The fourth-order valence-corrected chi connectivity index (χ4v) is 5.52. The molecule has 2 amide bonds. The lowest BCUT2D eigenvalue weighted by molar-refractivity contribution is -0.148. The van der Waals surface area contributed by atoms with Gasteiger partial charge in [0.25, 0.3) is 0 Å². The van der Waals surface area contributed by atoms with Gasteiger partial charge in [-0.1, -0.05) is 74.2 Å². The van der Waals surface area contributed by atoms with Crippen molar-refractivity contribution >= 4 is 18.0 Å². The third-order valence-corrected chi connectivity index (χ3v) is 6.99. The SMILES string of the molecule is C#CCN(CC(=O)O)C(=O)C1(NC(=O)OCC2c3ccccc3-c3ccccc32)CCCC(C)C1. The highest BCUT2D eigenvalue weighted by atomic mass is 16.5. The first-order chi connectivity index (χ1) is 16.8. The molecule has 2 aliphatic carbocycles. The Hall–Kier alpha value is -3.79. The molecule has 2 unspecified atom stereocenters. The Labute approximate surface area is 205 Å². The van der Waals surface area contributed by atoms with Gasteiger partial charge in [0.1, 0.15) is 18.7 Å². The summed E-state index contributed by atoms with van der Waals surface area (Å²) in [6.07, 6.45) is 7.16. The summed E-state index contributed by atoms with van der Waals surface area (Å²) in [6, 6.07) is 16.1. The Morgan fingerprint density at radius 1 is 1.14 bits per heavy atom. The molecular weight excluding hydrogens is 444 g/mol. The van der Waals surface area contributed by atoms with Crippen LogP contribution in [-0.2, 0) is 14.3 Å². The summed E-state index contributed by atoms with van der Waals surface area (Å²) in [5.74, 6) is 0.799. The predicted octanol–water partition coefficient (Wildman–Crippen LogP) is 4.02. The van der Waals surface area contributed by atoms with Crippen molar-refractivity contribution in [3.63, 3.8) is 0 Å². The zero-order valence-electron chi connectivity index (χ0n) is 19.8. The van der Waals surface area contributed by atoms with Gasteiger partial charge in [-0.2, -0.15) is 0 Å². The summed E-state index contributed by atoms with van der Waals surface area (Å²) in [6.45, 7) is 1.48. The molecule has 0 saturated heterocycles. The van der Waals surface area contributed by atoms with Gasteiger partial charge in [-0.25, -0.2) is 4.79 Å². The number of hydrogen-bond donors (Lipinski definition) is 2. The standard InChI is InChI=1S/C28H30N2O5/c1-3-15-30(17-25(31)32)26(33)28(14-8-9-19(2)16-28)29-27(34)35-18-24-22-12-6-4-10-20(22)21-11-5-7-13-23(21)24/h1,4-7,10-13,19,24H,8-9,14-18H2,2H3,(H,29,34)(H,31,32). The number of ether oxygens (including phenoxy) is 1. The predicted molar refractivity (Wildman–Crippen MR) is 132 cm³/mol. The molecule has 0 bridgehead atoms. The molecule has 2 atom stereocenters. The zero-order valence-corrected chi connectivity index (χ0v) is 19.8. The van der Waals surface area contributed by atoms with E-state index >= 15 is 0 Å². The van der Waals surface area contributed by atoms with Gasteiger partial charge in [-0.05, 0) is 41.0 Å². The molecule has 0 radical (unpaired) electrons. The van der Waals surface area contributed by atoms with Crippen LogP contribution in [0.2, 0.25) is 0 Å². The van der Waals surface area contributed by atoms with E-state index in [4.69, 9.17) is 11.2 Å². The minimum Gasteiger partial charge on any atom is -0.480 e. The van der Waals surface area contributed by atoms with Crippen molar-refractivity contribution in [1.29, 1.82) is 0 Å². The van der Waals surface area contributed by atoms with Crippen molar-refractivity contribution in [3.8, 4) is 23.5 Å². The van der Waals surface area contributed by atoms with E-state index in [1.54, 1.807) is 0 Å². The number of terminal acetylenes is 1. The number of fused-ring (bicyclic) bond motifs is 3. The average Bonchev–Trinajstić information content (AvgIpc) is 3.15. The Balaban J connectivity index is 1.52. The molecule has 35 heavy (non-hydrogen) atoms. The second kappa shape index (κ2) is 10.2. The topological polar surface area (TPSA) is 95.9 Å². The van der Waals surface area contributed by atoms with Crippen LogP contribution in [0.4, 0.5) is 4.79 Å². The summed E-state index contributed by atoms with van der Waals surface area (Å²) < 4.78 is 5.70. The lowest BCUT2D eigenvalue weighted by Crippen LogP contribution is -2.62. The summed E-state index contributed by atoms with van der Waals surface area (Å²) >= 11 is 0. The number of nitrogens with zero attached hydrogens (tertiary/aromatic N) is 1. The van der Waals surface area contributed by atoms with Crippen LogP contribution in [0.5, 0.6) is 0 Å². The minimum absolute atomic E-state index is 0.102. The summed E-state index contributed by atoms with van der Waals surface area (Å²) in [5, 5.41) is 12.1. The Morgan fingerprint density at radius 3 is 2.34 bits per heavy atom. The van der Waals surface area contributed by atoms with Gasteiger partial charge >= 0.3 is 12.1 Å². The molecule has 4 rings (SSSR count). The second-order valence-electron chi connectivity index (χ2n) is 9.49. The molecule has 2 aromatic rings. The van der Waals surface area contributed by atoms with Crippen molar-refractivity contribution in [2.45, 2.75) is 44.1 Å². The third-order valence-electron chi connectivity index (χ3n) is 6.99. The molecule has 2 N–H and O–H groups in total. The highest BCUT2D eigenvalue weighted by molar-refractivity contribution is 5.92. The van der Waals surface area contributed by atoms with Crippen molar-refractivity contribution in [3.05, 3.63) is 59.7 Å². The highest BCUT2D eigenvalue weighted by Crippen LogP contribution is 2.44. The third kappa shape index (κ3) is 5.02. The van der Waals surface area contributed by atoms with Crippen molar-refractivity contribution in [2.24, 2.45) is 5.92 Å². The minimum atomic E-state index is -1.24. The van der Waals surface area contributed by atoms with E-state index in [-0.39, 0.29) is 25.0 Å². The Morgan fingerprint density at radius 2 is 1.77 bits per heavy atom. The average molecular weight is 475 g/mol. The molecule has 1 fully saturated rings. The van der Waals surface area contributed by atoms with Crippen molar-refractivity contribution in [1.82, 2.24) is 10.2 Å². The molecule has 182 valence electrons. The largest absolute Gasteiger partial charge is 0.480 e. The van der Waals surface area contributed by atoms with Gasteiger partial charge in [0, 0.05) is 5.92 Å². The van der Waals surface area contributed by atoms with Crippen molar-refractivity contribution < 1.29 is 24.2 Å². The maximum atomic E-state index is 13.5. The van der Waals surface area contributed by atoms with E-state index in [9.17, 15) is 19.5 Å². The lowest BCUT2D eigenvalue weighted by Gasteiger charge is -2.41. The molecule has 1 saturated carbocycles. The van der Waals surface area contributed by atoms with Gasteiger partial charge < -0.3 is 20.1 Å². The number of benzene rings is 2. The first-order valence-corrected chi connectivity index (χ1v) is 11.9. The molecule has 0 aliphatic heterocycles. The highest BCUT2D eigenvalue weighted by Gasteiger charge is 2.46. The molecule has 0 spiro atoms. The van der Waals surface area contributed by atoms with Crippen LogP contribution in [0.15, 0.2) is 48.5 Å². The first-order valence-electron chi connectivity index (χ1n) is 11.9. The van der Waals surface area contributed by atoms with E-state index in [0.717, 1.165) is 40.0 Å². The maximum absolute atomic E-state index is 13.5. The van der Waals surface area contributed by atoms with E-state index in [0.29, 0.717) is 12.8 Å². The Bertz CT molecular complexity index is 1120. The van der Waals surface area contributed by atoms with Crippen LogP contribution in [0.25, 0.3) is 11.1 Å². The number of carboxylic acid groups (broad SMARTS) is 1. The number of carboxylic acids is 1. The molecule has 0 heterocycles. The van der Waals surface area contributed by atoms with Crippen LogP contribution >= 0.6 is 0 Å². The van der Waals surface area contributed by atoms with Gasteiger partial charge in [0.05, 0.1) is 6.54 Å². The number of rotatable bonds is 7. The van der Waals surface area contributed by atoms with Gasteiger partial charge in [0.15, 0.2) is 0 Å². The van der Waals surface area contributed by atoms with E-state index in [1.165, 1.54) is 0 Å². The molecule has 2 aromatic carbocycles. The summed E-state index contributed by atoms with van der Waals surface area (Å²) in [7, 11) is 0. The number of hydrogen-bond acceptors (Lipinski definition) is 4. The van der Waals surface area contributed by atoms with Crippen LogP contribution in [-0.4, -0.2) is 53.2 Å². The van der Waals surface area contributed by atoms with E-state index in [1.807, 2.05) is 43.3 Å². The molecule has 2 aliphatic rings. The number of carbonyl (C=O) groups is 3. The van der Waals surface area contributed by atoms with Crippen LogP contribution in [0.3, 0.4) is 0 Å². The number of nitrogens with one attached hydrogen (secondary N) is 1. The second-order valence-corrected chi connectivity index (χ2v) is 9.49. The molecular formula is C28H30N2O5. The van der Waals surface area contributed by atoms with Gasteiger partial charge in [-0.3, -0.25) is 9.59 Å². The molecule has 7 nitrogen and oxygen atoms in total. The van der Waals surface area contributed by atoms with Crippen LogP contribution < -0.4 is 5.32 Å². The number of amides is 2. The smallest absolute Gasteiger partial charge is 0.408 e. The zero-order chi connectivity index (χ0) is 25.0. The van der Waals surface area contributed by atoms with Crippen LogP contribution in [0.1, 0.15) is 49.7 Å². The lowest BCUT2D eigenvalue weighted by atomic mass is 9.75. The summed E-state index contributed by atoms with van der Waals surface area (Å²) in [5.41, 5.74) is 3.21. The fraction of sp³-hybridized carbons (Fsp3) is 0.393. The number of aliphatic carboxylic acids is 1. The van der Waals surface area contributed by atoms with E-state index in [2.05, 4.69) is 23.4 Å². The summed E-state index contributed by atoms with van der Waals surface area (Å²) in [4.78, 5) is 39.0. The van der Waals surface area contributed by atoms with Gasteiger partial charge in [-0.15, -0.1) is 6.42 Å². The first kappa shape index (κ1) is 24.3. The fourth-order valence-electron chi connectivity index (χ4n) is 5.52. The van der Waals surface area contributed by atoms with Crippen molar-refractivity contribution in [2.75, 3.05) is 19.7 Å². The molecule has 0 aromatic heterocycles. The monoisotopic (exact) mass is 474 g/mol. The van der Waals surface area contributed by atoms with Crippen LogP contribution in [0, 0.1) is 18.3 Å². The normalized spacial score (nSPS) is 20.7. The Kier molecular flexibility index (Phi) is 7.11. The number of alkyl carbamates (subject to hydrolysis) is 1. The number of carbonyl (C=O) groups excluding carboxylic acids is 2. The van der Waals surface area contributed by atoms with E-state index < -0.39 is 30.1 Å². The molecule has 7 heteroatoms. The quantitative estimate of drug-likeness (QED) is 0.591.